The molecule has 1 N–H and O–H groups in total. The first-order valence-electron chi connectivity index (χ1n) is 7.15. The number of nitrogens with zero attached hydrogens (tertiary/aromatic N) is 1. The fourth-order valence-electron chi connectivity index (χ4n) is 2.20. The number of para-hydroxylation sites is 2. The van der Waals surface area contributed by atoms with Crippen LogP contribution in [0.1, 0.15) is 13.8 Å². The van der Waals surface area contributed by atoms with Crippen LogP contribution in [0.15, 0.2) is 24.3 Å². The maximum absolute atomic E-state index is 5.89. The van der Waals surface area contributed by atoms with Crippen LogP contribution in [0.5, 0.6) is 11.5 Å². The van der Waals surface area contributed by atoms with Crippen LogP contribution in [0.2, 0.25) is 0 Å². The summed E-state index contributed by atoms with van der Waals surface area (Å²) in [7, 11) is 0. The second-order valence-corrected chi connectivity index (χ2v) is 4.73. The Kier molecular flexibility index (Phi) is 5.48. The van der Waals surface area contributed by atoms with Gasteiger partial charge in [-0.25, -0.2) is 0 Å². The zero-order valence-corrected chi connectivity index (χ0v) is 11.9. The maximum Gasteiger partial charge on any atom is 0.161 e. The predicted octanol–water partition coefficient (Wildman–Crippen LogP) is 1.76. The van der Waals surface area contributed by atoms with E-state index in [1.807, 2.05) is 24.3 Å². The number of rotatable bonds is 7. The molecule has 0 spiro atoms. The summed E-state index contributed by atoms with van der Waals surface area (Å²) in [5.41, 5.74) is 0. The number of hydrogen-bond acceptors (Lipinski definition) is 4. The smallest absolute Gasteiger partial charge is 0.161 e. The SMILES string of the molecule is CCN(CC)CCNCC1COc2ccccc2O1. The molecule has 1 aromatic carbocycles. The van der Waals surface area contributed by atoms with Gasteiger partial charge in [0.05, 0.1) is 0 Å². The van der Waals surface area contributed by atoms with E-state index in [1.165, 1.54) is 0 Å². The van der Waals surface area contributed by atoms with Gasteiger partial charge in [0.15, 0.2) is 11.5 Å². The molecule has 1 aliphatic heterocycles. The summed E-state index contributed by atoms with van der Waals surface area (Å²) in [6.45, 7) is 10.1. The fourth-order valence-corrected chi connectivity index (χ4v) is 2.20. The summed E-state index contributed by atoms with van der Waals surface area (Å²) in [6, 6.07) is 7.83. The van der Waals surface area contributed by atoms with E-state index >= 15 is 0 Å². The van der Waals surface area contributed by atoms with Crippen molar-refractivity contribution in [3.63, 3.8) is 0 Å². The van der Waals surface area contributed by atoms with E-state index in [0.29, 0.717) is 6.61 Å². The zero-order chi connectivity index (χ0) is 13.5. The van der Waals surface area contributed by atoms with Gasteiger partial charge in [-0.3, -0.25) is 0 Å². The van der Waals surface area contributed by atoms with Gasteiger partial charge in [-0.2, -0.15) is 0 Å². The summed E-state index contributed by atoms with van der Waals surface area (Å²) in [5, 5.41) is 3.44. The molecule has 106 valence electrons. The second-order valence-electron chi connectivity index (χ2n) is 4.73. The van der Waals surface area contributed by atoms with E-state index in [9.17, 15) is 0 Å². The second kappa shape index (κ2) is 7.36. The average molecular weight is 264 g/mol. The van der Waals surface area contributed by atoms with Crippen molar-refractivity contribution in [3.05, 3.63) is 24.3 Å². The Morgan fingerprint density at radius 1 is 1.21 bits per heavy atom. The maximum atomic E-state index is 5.89. The van der Waals surface area contributed by atoms with E-state index < -0.39 is 0 Å². The van der Waals surface area contributed by atoms with Crippen LogP contribution in [0.25, 0.3) is 0 Å². The number of ether oxygens (including phenoxy) is 2. The van der Waals surface area contributed by atoms with E-state index in [-0.39, 0.29) is 6.10 Å². The lowest BCUT2D eigenvalue weighted by Crippen LogP contribution is -2.41. The Balaban J connectivity index is 1.68. The molecule has 1 heterocycles. The summed E-state index contributed by atoms with van der Waals surface area (Å²) in [4.78, 5) is 2.40. The Bertz CT molecular complexity index is 380. The standard InChI is InChI=1S/C15H24N2O2/c1-3-17(4-2)10-9-16-11-13-12-18-14-7-5-6-8-15(14)19-13/h5-8,13,16H,3-4,9-12H2,1-2H3. The molecular formula is C15H24N2O2. The summed E-state index contributed by atoms with van der Waals surface area (Å²) < 4.78 is 11.6. The molecule has 4 heteroatoms. The number of benzene rings is 1. The Morgan fingerprint density at radius 3 is 2.68 bits per heavy atom. The van der Waals surface area contributed by atoms with Crippen LogP contribution in [0.4, 0.5) is 0 Å². The van der Waals surface area contributed by atoms with Gasteiger partial charge in [0.1, 0.15) is 12.7 Å². The summed E-state index contributed by atoms with van der Waals surface area (Å²) >= 11 is 0. The van der Waals surface area contributed by atoms with Gasteiger partial charge in [0.25, 0.3) is 0 Å². The van der Waals surface area contributed by atoms with Crippen molar-refractivity contribution in [2.75, 3.05) is 39.3 Å². The Hall–Kier alpha value is -1.26. The molecule has 1 atom stereocenters. The van der Waals surface area contributed by atoms with Crippen LogP contribution < -0.4 is 14.8 Å². The first-order valence-corrected chi connectivity index (χ1v) is 7.15. The van der Waals surface area contributed by atoms with E-state index in [1.54, 1.807) is 0 Å². The molecule has 0 aromatic heterocycles. The van der Waals surface area contributed by atoms with Crippen molar-refractivity contribution in [2.24, 2.45) is 0 Å². The Morgan fingerprint density at radius 2 is 1.95 bits per heavy atom. The molecule has 1 aromatic rings. The lowest BCUT2D eigenvalue weighted by molar-refractivity contribution is 0.0899. The molecule has 0 bridgehead atoms. The van der Waals surface area contributed by atoms with Gasteiger partial charge in [-0.05, 0) is 25.2 Å². The molecule has 0 saturated heterocycles. The van der Waals surface area contributed by atoms with Crippen molar-refractivity contribution in [1.29, 1.82) is 0 Å². The van der Waals surface area contributed by atoms with Gasteiger partial charge >= 0.3 is 0 Å². The van der Waals surface area contributed by atoms with Crippen LogP contribution in [0.3, 0.4) is 0 Å². The molecule has 0 aliphatic carbocycles. The van der Waals surface area contributed by atoms with E-state index in [2.05, 4.69) is 24.1 Å². The highest BCUT2D eigenvalue weighted by Gasteiger charge is 2.19. The molecule has 19 heavy (non-hydrogen) atoms. The molecule has 2 rings (SSSR count). The van der Waals surface area contributed by atoms with Gasteiger partial charge in [0, 0.05) is 19.6 Å². The lowest BCUT2D eigenvalue weighted by Gasteiger charge is -2.27. The molecule has 0 fully saturated rings. The lowest BCUT2D eigenvalue weighted by atomic mass is 10.2. The van der Waals surface area contributed by atoms with E-state index in [0.717, 1.165) is 44.2 Å². The zero-order valence-electron chi connectivity index (χ0n) is 11.9. The molecular weight excluding hydrogens is 240 g/mol. The van der Waals surface area contributed by atoms with Crippen molar-refractivity contribution in [1.82, 2.24) is 10.2 Å². The van der Waals surface area contributed by atoms with Gasteiger partial charge in [0.2, 0.25) is 0 Å². The number of likely N-dealkylation sites (N-methyl/N-ethyl adjacent to an activating group) is 1. The van der Waals surface area contributed by atoms with Crippen molar-refractivity contribution in [2.45, 2.75) is 20.0 Å². The van der Waals surface area contributed by atoms with Crippen molar-refractivity contribution < 1.29 is 9.47 Å². The number of nitrogens with one attached hydrogen (secondary N) is 1. The molecule has 1 unspecified atom stereocenters. The first-order chi connectivity index (χ1) is 9.33. The topological polar surface area (TPSA) is 33.7 Å². The highest BCUT2D eigenvalue weighted by atomic mass is 16.6. The van der Waals surface area contributed by atoms with Gasteiger partial charge < -0.3 is 19.7 Å². The monoisotopic (exact) mass is 264 g/mol. The Labute approximate surface area is 115 Å². The van der Waals surface area contributed by atoms with Crippen LogP contribution in [0, 0.1) is 0 Å². The predicted molar refractivity (Wildman–Crippen MR) is 77.0 cm³/mol. The van der Waals surface area contributed by atoms with E-state index in [4.69, 9.17) is 9.47 Å². The van der Waals surface area contributed by atoms with Crippen molar-refractivity contribution >= 4 is 0 Å². The molecule has 0 radical (unpaired) electrons. The quantitative estimate of drug-likeness (QED) is 0.761. The number of fused-ring (bicyclic) bond motifs is 1. The fraction of sp³-hybridized carbons (Fsp3) is 0.600. The van der Waals surface area contributed by atoms with Crippen LogP contribution in [-0.4, -0.2) is 50.3 Å². The normalized spacial score (nSPS) is 17.7. The third-order valence-electron chi connectivity index (χ3n) is 3.44. The summed E-state index contributed by atoms with van der Waals surface area (Å²) in [5.74, 6) is 1.70. The average Bonchev–Trinajstić information content (AvgIpc) is 2.47. The minimum Gasteiger partial charge on any atom is -0.486 e. The van der Waals surface area contributed by atoms with Crippen LogP contribution >= 0.6 is 0 Å². The van der Waals surface area contributed by atoms with Gasteiger partial charge in [-0.1, -0.05) is 26.0 Å². The van der Waals surface area contributed by atoms with Crippen LogP contribution in [-0.2, 0) is 0 Å². The first kappa shape index (κ1) is 14.2. The van der Waals surface area contributed by atoms with Crippen molar-refractivity contribution in [3.8, 4) is 11.5 Å². The highest BCUT2D eigenvalue weighted by molar-refractivity contribution is 5.40. The van der Waals surface area contributed by atoms with Gasteiger partial charge in [-0.15, -0.1) is 0 Å². The largest absolute Gasteiger partial charge is 0.486 e. The molecule has 4 nitrogen and oxygen atoms in total. The molecule has 1 aliphatic rings. The minimum atomic E-state index is 0.103. The highest BCUT2D eigenvalue weighted by Crippen LogP contribution is 2.30. The minimum absolute atomic E-state index is 0.103. The third kappa shape index (κ3) is 4.11. The third-order valence-corrected chi connectivity index (χ3v) is 3.44. The number of hydrogen-bond donors (Lipinski definition) is 1. The molecule has 0 saturated carbocycles. The molecule has 0 amide bonds. The summed E-state index contributed by atoms with van der Waals surface area (Å²) in [6.07, 6.45) is 0.103.